The molecule has 3 rings (SSSR count). The van der Waals surface area contributed by atoms with E-state index >= 15 is 0 Å². The summed E-state index contributed by atoms with van der Waals surface area (Å²) < 4.78 is 0. The molecule has 20 heavy (non-hydrogen) atoms. The molecule has 1 aliphatic carbocycles. The number of para-hydroxylation sites is 1. The van der Waals surface area contributed by atoms with Crippen LogP contribution in [0.15, 0.2) is 35.4 Å². The van der Waals surface area contributed by atoms with Gasteiger partial charge >= 0.3 is 0 Å². The number of aromatic amines is 1. The summed E-state index contributed by atoms with van der Waals surface area (Å²) in [6, 6.07) is 11.4. The molecule has 1 aromatic carbocycles. The predicted octanol–water partition coefficient (Wildman–Crippen LogP) is 4.43. The summed E-state index contributed by atoms with van der Waals surface area (Å²) in [7, 11) is 2.11. The topological polar surface area (TPSA) is 27.8 Å². The molecule has 1 aromatic heterocycles. The van der Waals surface area contributed by atoms with Crippen molar-refractivity contribution in [2.24, 2.45) is 5.41 Å². The average Bonchev–Trinajstić information content (AvgIpc) is 2.80. The summed E-state index contributed by atoms with van der Waals surface area (Å²) in [6.45, 7) is 4.79. The fourth-order valence-corrected chi connectivity index (χ4v) is 5.18. The SMILES string of the molecule is CNC1C(Sc2cc3ccccc3[nH]2)CCCC1(C)C. The normalized spacial score (nSPS) is 25.9. The zero-order chi connectivity index (χ0) is 14.2. The Balaban J connectivity index is 1.82. The zero-order valence-corrected chi connectivity index (χ0v) is 13.4. The Morgan fingerprint density at radius 1 is 1.30 bits per heavy atom. The van der Waals surface area contributed by atoms with Crippen LogP contribution in [0.5, 0.6) is 0 Å². The number of hydrogen-bond donors (Lipinski definition) is 2. The number of nitrogens with one attached hydrogen (secondary N) is 2. The molecule has 2 atom stereocenters. The lowest BCUT2D eigenvalue weighted by Gasteiger charge is -2.43. The number of aromatic nitrogens is 1. The van der Waals surface area contributed by atoms with Gasteiger partial charge in [-0.1, -0.05) is 38.5 Å². The molecule has 0 aliphatic heterocycles. The average molecular weight is 288 g/mol. The number of rotatable bonds is 3. The molecular formula is C17H24N2S. The zero-order valence-electron chi connectivity index (χ0n) is 12.6. The highest BCUT2D eigenvalue weighted by atomic mass is 32.2. The molecule has 0 radical (unpaired) electrons. The first-order valence-corrected chi connectivity index (χ1v) is 8.40. The minimum absolute atomic E-state index is 0.386. The molecule has 1 fully saturated rings. The van der Waals surface area contributed by atoms with Crippen molar-refractivity contribution in [3.8, 4) is 0 Å². The molecule has 1 aliphatic rings. The van der Waals surface area contributed by atoms with Crippen molar-refractivity contribution in [3.63, 3.8) is 0 Å². The van der Waals surface area contributed by atoms with Gasteiger partial charge in [0.1, 0.15) is 0 Å². The maximum Gasteiger partial charge on any atom is 0.0735 e. The highest BCUT2D eigenvalue weighted by Crippen LogP contribution is 2.42. The second-order valence-electron chi connectivity index (χ2n) is 6.52. The number of benzene rings is 1. The van der Waals surface area contributed by atoms with Crippen LogP contribution >= 0.6 is 11.8 Å². The third-order valence-electron chi connectivity index (χ3n) is 4.62. The van der Waals surface area contributed by atoms with Gasteiger partial charge in [-0.15, -0.1) is 11.8 Å². The van der Waals surface area contributed by atoms with Gasteiger partial charge in [0.05, 0.1) is 5.03 Å². The molecule has 3 heteroatoms. The van der Waals surface area contributed by atoms with Crippen LogP contribution < -0.4 is 5.32 Å². The minimum atomic E-state index is 0.386. The summed E-state index contributed by atoms with van der Waals surface area (Å²) >= 11 is 2.01. The number of thioether (sulfide) groups is 1. The quantitative estimate of drug-likeness (QED) is 0.874. The Hall–Kier alpha value is -0.930. The number of hydrogen-bond acceptors (Lipinski definition) is 2. The van der Waals surface area contributed by atoms with E-state index in [9.17, 15) is 0 Å². The Morgan fingerprint density at radius 2 is 2.10 bits per heavy atom. The van der Waals surface area contributed by atoms with E-state index in [4.69, 9.17) is 0 Å². The fourth-order valence-electron chi connectivity index (χ4n) is 3.56. The number of fused-ring (bicyclic) bond motifs is 1. The van der Waals surface area contributed by atoms with Gasteiger partial charge in [-0.3, -0.25) is 0 Å². The maximum absolute atomic E-state index is 3.56. The van der Waals surface area contributed by atoms with Gasteiger partial charge in [0, 0.05) is 22.2 Å². The van der Waals surface area contributed by atoms with Crippen LogP contribution in [0.4, 0.5) is 0 Å². The largest absolute Gasteiger partial charge is 0.350 e. The van der Waals surface area contributed by atoms with Crippen LogP contribution in [0.2, 0.25) is 0 Å². The third kappa shape index (κ3) is 2.61. The van der Waals surface area contributed by atoms with Gasteiger partial charge in [-0.25, -0.2) is 0 Å². The third-order valence-corrected chi connectivity index (χ3v) is 5.90. The van der Waals surface area contributed by atoms with Crippen LogP contribution in [-0.4, -0.2) is 23.3 Å². The van der Waals surface area contributed by atoms with E-state index in [2.05, 4.69) is 61.5 Å². The molecule has 2 aromatic rings. The molecule has 0 amide bonds. The summed E-state index contributed by atoms with van der Waals surface area (Å²) in [4.78, 5) is 3.55. The van der Waals surface area contributed by atoms with E-state index < -0.39 is 0 Å². The Bertz CT molecular complexity index is 554. The molecular weight excluding hydrogens is 264 g/mol. The summed E-state index contributed by atoms with van der Waals surface area (Å²) in [5.41, 5.74) is 1.63. The summed E-state index contributed by atoms with van der Waals surface area (Å²) in [5, 5.41) is 6.82. The van der Waals surface area contributed by atoms with Crippen molar-refractivity contribution in [1.29, 1.82) is 0 Å². The minimum Gasteiger partial charge on any atom is -0.350 e. The lowest BCUT2D eigenvalue weighted by Crippen LogP contribution is -2.49. The highest BCUT2D eigenvalue weighted by Gasteiger charge is 2.38. The van der Waals surface area contributed by atoms with Gasteiger partial charge in [-0.05, 0) is 37.4 Å². The van der Waals surface area contributed by atoms with Crippen LogP contribution in [0, 0.1) is 5.41 Å². The van der Waals surface area contributed by atoms with Crippen LogP contribution in [0.1, 0.15) is 33.1 Å². The van der Waals surface area contributed by atoms with Gasteiger partial charge in [0.15, 0.2) is 0 Å². The molecule has 1 heterocycles. The van der Waals surface area contributed by atoms with Crippen molar-refractivity contribution in [2.75, 3.05) is 7.05 Å². The lowest BCUT2D eigenvalue weighted by atomic mass is 9.73. The van der Waals surface area contributed by atoms with E-state index in [-0.39, 0.29) is 0 Å². The Kier molecular flexibility index (Phi) is 3.83. The monoisotopic (exact) mass is 288 g/mol. The van der Waals surface area contributed by atoms with Crippen LogP contribution in [0.3, 0.4) is 0 Å². The van der Waals surface area contributed by atoms with E-state index in [0.717, 1.165) is 0 Å². The Morgan fingerprint density at radius 3 is 2.85 bits per heavy atom. The van der Waals surface area contributed by atoms with E-state index in [1.807, 2.05) is 11.8 Å². The second-order valence-corrected chi connectivity index (χ2v) is 7.81. The van der Waals surface area contributed by atoms with Gasteiger partial charge < -0.3 is 10.3 Å². The molecule has 0 saturated heterocycles. The first-order chi connectivity index (χ1) is 9.60. The molecule has 108 valence electrons. The van der Waals surface area contributed by atoms with Crippen molar-refractivity contribution in [1.82, 2.24) is 10.3 Å². The maximum atomic E-state index is 3.56. The summed E-state index contributed by atoms with van der Waals surface area (Å²) in [5.74, 6) is 0. The molecule has 1 saturated carbocycles. The lowest BCUT2D eigenvalue weighted by molar-refractivity contribution is 0.182. The molecule has 0 spiro atoms. The smallest absolute Gasteiger partial charge is 0.0735 e. The van der Waals surface area contributed by atoms with E-state index in [1.165, 1.54) is 35.2 Å². The Labute approximate surface area is 125 Å². The van der Waals surface area contributed by atoms with Crippen LogP contribution in [0.25, 0.3) is 10.9 Å². The molecule has 0 bridgehead atoms. The van der Waals surface area contributed by atoms with Gasteiger partial charge in [0.2, 0.25) is 0 Å². The standard InChI is InChI=1S/C17H24N2S/c1-17(2)10-6-9-14(16(17)18-3)20-15-11-12-7-4-5-8-13(12)19-15/h4-5,7-8,11,14,16,18-19H,6,9-10H2,1-3H3. The predicted molar refractivity (Wildman–Crippen MR) is 88.4 cm³/mol. The van der Waals surface area contributed by atoms with Crippen molar-refractivity contribution in [3.05, 3.63) is 30.3 Å². The van der Waals surface area contributed by atoms with Crippen LogP contribution in [-0.2, 0) is 0 Å². The van der Waals surface area contributed by atoms with Crippen molar-refractivity contribution in [2.45, 2.75) is 49.4 Å². The molecule has 2 nitrogen and oxygen atoms in total. The second kappa shape index (κ2) is 5.45. The van der Waals surface area contributed by atoms with E-state index in [0.29, 0.717) is 16.7 Å². The molecule has 2 N–H and O–H groups in total. The van der Waals surface area contributed by atoms with E-state index in [1.54, 1.807) is 0 Å². The van der Waals surface area contributed by atoms with Gasteiger partial charge in [-0.2, -0.15) is 0 Å². The summed E-state index contributed by atoms with van der Waals surface area (Å²) in [6.07, 6.45) is 3.96. The highest BCUT2D eigenvalue weighted by molar-refractivity contribution is 7.99. The fraction of sp³-hybridized carbons (Fsp3) is 0.529. The molecule has 2 unspecified atom stereocenters. The van der Waals surface area contributed by atoms with Gasteiger partial charge in [0.25, 0.3) is 0 Å². The first kappa shape index (κ1) is 14.0. The van der Waals surface area contributed by atoms with Crippen molar-refractivity contribution >= 4 is 22.7 Å². The number of H-pyrrole nitrogens is 1. The first-order valence-electron chi connectivity index (χ1n) is 7.52. The van der Waals surface area contributed by atoms with Crippen molar-refractivity contribution < 1.29 is 0 Å².